The summed E-state index contributed by atoms with van der Waals surface area (Å²) in [6.07, 6.45) is 2.09. The third-order valence-electron chi connectivity index (χ3n) is 3.72. The predicted molar refractivity (Wildman–Crippen MR) is 85.0 cm³/mol. The average molecular weight is 292 g/mol. The first-order valence-electron chi connectivity index (χ1n) is 7.44. The molecule has 2 unspecified atom stereocenters. The maximum Gasteiger partial charge on any atom is 0.224 e. The molecule has 4 heteroatoms. The molecule has 1 aliphatic rings. The Morgan fingerprint density at radius 1 is 1.45 bits per heavy atom. The van der Waals surface area contributed by atoms with Crippen LogP contribution in [0.5, 0.6) is 0 Å². The Kier molecular flexibility index (Phi) is 5.92. The number of carbonyl (C=O) groups excluding carboxylic acids is 1. The molecule has 1 heterocycles. The number of hydrogen-bond donors (Lipinski definition) is 2. The maximum atomic E-state index is 12.2. The van der Waals surface area contributed by atoms with Crippen LogP contribution in [-0.2, 0) is 4.79 Å². The van der Waals surface area contributed by atoms with E-state index in [0.29, 0.717) is 0 Å². The van der Waals surface area contributed by atoms with Crippen molar-refractivity contribution in [1.82, 2.24) is 10.6 Å². The molecule has 0 saturated carbocycles. The van der Waals surface area contributed by atoms with Crippen molar-refractivity contribution in [3.8, 4) is 0 Å². The number of benzene rings is 1. The summed E-state index contributed by atoms with van der Waals surface area (Å²) in [5.74, 6) is 1.39. The second-order valence-electron chi connectivity index (χ2n) is 5.28. The first kappa shape index (κ1) is 15.4. The summed E-state index contributed by atoms with van der Waals surface area (Å²) in [5.41, 5.74) is 1.17. The van der Waals surface area contributed by atoms with Crippen molar-refractivity contribution in [3.63, 3.8) is 0 Å². The summed E-state index contributed by atoms with van der Waals surface area (Å²) in [6, 6.07) is 8.57. The van der Waals surface area contributed by atoms with Gasteiger partial charge in [0.25, 0.3) is 0 Å². The summed E-state index contributed by atoms with van der Waals surface area (Å²) in [6.45, 7) is 6.05. The van der Waals surface area contributed by atoms with Crippen molar-refractivity contribution >= 4 is 17.7 Å². The van der Waals surface area contributed by atoms with Gasteiger partial charge < -0.3 is 10.6 Å². The fraction of sp³-hybridized carbons (Fsp3) is 0.562. The van der Waals surface area contributed by atoms with Crippen LogP contribution in [0.15, 0.2) is 29.2 Å². The highest BCUT2D eigenvalue weighted by molar-refractivity contribution is 7.99. The summed E-state index contributed by atoms with van der Waals surface area (Å²) in [7, 11) is 0. The summed E-state index contributed by atoms with van der Waals surface area (Å²) < 4.78 is 0. The maximum absolute atomic E-state index is 12.2. The van der Waals surface area contributed by atoms with Crippen molar-refractivity contribution in [2.75, 3.05) is 18.8 Å². The van der Waals surface area contributed by atoms with Gasteiger partial charge in [-0.1, -0.05) is 19.1 Å². The molecule has 3 nitrogen and oxygen atoms in total. The Morgan fingerprint density at radius 3 is 2.80 bits per heavy atom. The van der Waals surface area contributed by atoms with Gasteiger partial charge in [0.2, 0.25) is 5.91 Å². The van der Waals surface area contributed by atoms with Gasteiger partial charge in [0, 0.05) is 11.4 Å². The minimum atomic E-state index is 0.0742. The van der Waals surface area contributed by atoms with Crippen LogP contribution < -0.4 is 10.6 Å². The normalized spacial score (nSPS) is 20.4. The smallest absolute Gasteiger partial charge is 0.224 e. The fourth-order valence-electron chi connectivity index (χ4n) is 2.51. The quantitative estimate of drug-likeness (QED) is 0.820. The molecule has 1 fully saturated rings. The van der Waals surface area contributed by atoms with Gasteiger partial charge in [0.05, 0.1) is 12.0 Å². The molecule has 2 rings (SSSR count). The molecule has 0 bridgehead atoms. The number of nitrogens with one attached hydrogen (secondary N) is 2. The van der Waals surface area contributed by atoms with E-state index in [4.69, 9.17) is 0 Å². The van der Waals surface area contributed by atoms with Crippen LogP contribution >= 0.6 is 11.8 Å². The van der Waals surface area contributed by atoms with Crippen molar-refractivity contribution in [2.24, 2.45) is 5.92 Å². The van der Waals surface area contributed by atoms with E-state index >= 15 is 0 Å². The van der Waals surface area contributed by atoms with Gasteiger partial charge in [0.15, 0.2) is 0 Å². The number of carbonyl (C=O) groups is 1. The van der Waals surface area contributed by atoms with E-state index < -0.39 is 0 Å². The van der Waals surface area contributed by atoms with E-state index in [-0.39, 0.29) is 17.9 Å². The zero-order valence-corrected chi connectivity index (χ0v) is 13.1. The molecule has 0 aromatic heterocycles. The van der Waals surface area contributed by atoms with Gasteiger partial charge >= 0.3 is 0 Å². The molecule has 20 heavy (non-hydrogen) atoms. The minimum Gasteiger partial charge on any atom is -0.349 e. The number of piperidine rings is 1. The third kappa shape index (κ3) is 4.25. The zero-order valence-electron chi connectivity index (χ0n) is 12.3. The molecular weight excluding hydrogens is 268 g/mol. The van der Waals surface area contributed by atoms with Crippen molar-refractivity contribution in [2.45, 2.75) is 37.6 Å². The van der Waals surface area contributed by atoms with Crippen molar-refractivity contribution in [1.29, 1.82) is 0 Å². The van der Waals surface area contributed by atoms with E-state index in [9.17, 15) is 4.79 Å². The van der Waals surface area contributed by atoms with E-state index in [0.717, 1.165) is 31.7 Å². The summed E-state index contributed by atoms with van der Waals surface area (Å²) >= 11 is 1.84. The molecule has 110 valence electrons. The second-order valence-corrected chi connectivity index (χ2v) is 6.61. The van der Waals surface area contributed by atoms with Gasteiger partial charge in [0.1, 0.15) is 0 Å². The first-order valence-corrected chi connectivity index (χ1v) is 8.43. The van der Waals surface area contributed by atoms with Gasteiger partial charge in [-0.05, 0) is 49.8 Å². The van der Waals surface area contributed by atoms with E-state index in [1.54, 1.807) is 0 Å². The molecule has 2 atom stereocenters. The molecule has 0 radical (unpaired) electrons. The Hall–Kier alpha value is -1.00. The third-order valence-corrected chi connectivity index (χ3v) is 4.61. The number of amides is 1. The number of hydrogen-bond acceptors (Lipinski definition) is 3. The highest BCUT2D eigenvalue weighted by Crippen LogP contribution is 2.21. The zero-order chi connectivity index (χ0) is 14.4. The number of rotatable bonds is 5. The van der Waals surface area contributed by atoms with Crippen LogP contribution in [0.2, 0.25) is 0 Å². The van der Waals surface area contributed by atoms with E-state index in [2.05, 4.69) is 48.7 Å². The fourth-order valence-corrected chi connectivity index (χ4v) is 3.17. The predicted octanol–water partition coefficient (Wildman–Crippen LogP) is 2.98. The molecule has 1 aromatic carbocycles. The van der Waals surface area contributed by atoms with Crippen LogP contribution in [0.1, 0.15) is 38.3 Å². The molecule has 0 spiro atoms. The molecule has 0 aliphatic carbocycles. The topological polar surface area (TPSA) is 41.1 Å². The summed E-state index contributed by atoms with van der Waals surface area (Å²) in [5, 5.41) is 6.42. The van der Waals surface area contributed by atoms with Crippen molar-refractivity contribution in [3.05, 3.63) is 29.8 Å². The van der Waals surface area contributed by atoms with Crippen LogP contribution in [0.3, 0.4) is 0 Å². The Balaban J connectivity index is 1.89. The molecule has 1 amide bonds. The van der Waals surface area contributed by atoms with Gasteiger partial charge in [-0.25, -0.2) is 0 Å². The monoisotopic (exact) mass is 292 g/mol. The van der Waals surface area contributed by atoms with Crippen LogP contribution in [0.25, 0.3) is 0 Å². The second kappa shape index (κ2) is 7.70. The lowest BCUT2D eigenvalue weighted by molar-refractivity contribution is -0.126. The van der Waals surface area contributed by atoms with E-state index in [1.807, 2.05) is 11.8 Å². The standard InChI is InChI=1S/C16H24N2OS/c1-3-20-15-8-6-13(7-9-15)12(2)18-16(19)14-5-4-10-17-11-14/h6-9,12,14,17H,3-5,10-11H2,1-2H3,(H,18,19). The van der Waals surface area contributed by atoms with Gasteiger partial charge in [-0.15, -0.1) is 11.8 Å². The van der Waals surface area contributed by atoms with E-state index in [1.165, 1.54) is 10.5 Å². The molecule has 1 aliphatic heterocycles. The highest BCUT2D eigenvalue weighted by Gasteiger charge is 2.22. The Bertz CT molecular complexity index is 427. The average Bonchev–Trinajstić information content (AvgIpc) is 2.49. The highest BCUT2D eigenvalue weighted by atomic mass is 32.2. The lowest BCUT2D eigenvalue weighted by Gasteiger charge is -2.24. The molecule has 1 saturated heterocycles. The summed E-state index contributed by atoms with van der Waals surface area (Å²) in [4.78, 5) is 13.5. The molecule has 2 N–H and O–H groups in total. The number of thioether (sulfide) groups is 1. The van der Waals surface area contributed by atoms with Crippen LogP contribution in [0, 0.1) is 5.92 Å². The lowest BCUT2D eigenvalue weighted by atomic mass is 9.98. The van der Waals surface area contributed by atoms with Crippen molar-refractivity contribution < 1.29 is 4.79 Å². The SMILES string of the molecule is CCSc1ccc(C(C)NC(=O)C2CCCNC2)cc1. The lowest BCUT2D eigenvalue weighted by Crippen LogP contribution is -2.41. The molecular formula is C16H24N2OS. The Morgan fingerprint density at radius 2 is 2.20 bits per heavy atom. The Labute approximate surface area is 125 Å². The van der Waals surface area contributed by atoms with Crippen LogP contribution in [-0.4, -0.2) is 24.7 Å². The largest absolute Gasteiger partial charge is 0.349 e. The van der Waals surface area contributed by atoms with Crippen LogP contribution in [0.4, 0.5) is 0 Å². The first-order chi connectivity index (χ1) is 9.70. The molecule has 1 aromatic rings. The van der Waals surface area contributed by atoms with Gasteiger partial charge in [-0.3, -0.25) is 4.79 Å². The minimum absolute atomic E-state index is 0.0742. The van der Waals surface area contributed by atoms with Gasteiger partial charge in [-0.2, -0.15) is 0 Å².